The van der Waals surface area contributed by atoms with Crippen LogP contribution in [0.15, 0.2) is 24.5 Å². The van der Waals surface area contributed by atoms with Gasteiger partial charge in [0.1, 0.15) is 0 Å². The summed E-state index contributed by atoms with van der Waals surface area (Å²) < 4.78 is 4.51. The van der Waals surface area contributed by atoms with Crippen molar-refractivity contribution in [1.82, 2.24) is 0 Å². The van der Waals surface area contributed by atoms with E-state index >= 15 is 0 Å². The van der Waals surface area contributed by atoms with Gasteiger partial charge in [-0.2, -0.15) is 0 Å². The lowest BCUT2D eigenvalue weighted by Crippen LogP contribution is -2.08. The Hall–Kier alpha value is -1.58. The van der Waals surface area contributed by atoms with Crippen molar-refractivity contribution >= 4 is 11.9 Å². The van der Waals surface area contributed by atoms with E-state index in [1.807, 2.05) is 0 Å². The van der Waals surface area contributed by atoms with Gasteiger partial charge in [0.05, 0.1) is 12.2 Å². The third kappa shape index (κ3) is 4.27. The summed E-state index contributed by atoms with van der Waals surface area (Å²) in [6.45, 7) is 8.00. The van der Waals surface area contributed by atoms with Crippen LogP contribution in [-0.4, -0.2) is 17.0 Å². The Labute approximate surface area is 70.1 Å². The zero-order chi connectivity index (χ0) is 9.72. The van der Waals surface area contributed by atoms with E-state index in [0.717, 1.165) is 0 Å². The number of hydrogen-bond donors (Lipinski definition) is 1. The van der Waals surface area contributed by atoms with E-state index in [-0.39, 0.29) is 17.8 Å². The van der Waals surface area contributed by atoms with Gasteiger partial charge in [-0.3, -0.25) is 4.79 Å². The van der Waals surface area contributed by atoms with Crippen LogP contribution in [0.5, 0.6) is 0 Å². The second-order valence-corrected chi connectivity index (χ2v) is 2.26. The van der Waals surface area contributed by atoms with Crippen LogP contribution < -0.4 is 0 Å². The first kappa shape index (κ1) is 10.4. The van der Waals surface area contributed by atoms with E-state index < -0.39 is 11.9 Å². The van der Waals surface area contributed by atoms with Crippen molar-refractivity contribution in [2.24, 2.45) is 0 Å². The van der Waals surface area contributed by atoms with E-state index in [1.165, 1.54) is 6.92 Å². The number of aliphatic carboxylic acids is 1. The maximum atomic E-state index is 10.8. The number of carboxylic acid groups (broad SMARTS) is 1. The monoisotopic (exact) mass is 170 g/mol. The topological polar surface area (TPSA) is 63.6 Å². The molecule has 0 aromatic rings. The first-order valence-corrected chi connectivity index (χ1v) is 3.20. The molecule has 4 heteroatoms. The van der Waals surface area contributed by atoms with Gasteiger partial charge in [0.15, 0.2) is 0 Å². The van der Waals surface area contributed by atoms with Crippen molar-refractivity contribution < 1.29 is 19.4 Å². The predicted molar refractivity (Wildman–Crippen MR) is 42.3 cm³/mol. The van der Waals surface area contributed by atoms with Gasteiger partial charge in [0.25, 0.3) is 0 Å². The van der Waals surface area contributed by atoms with Crippen LogP contribution in [-0.2, 0) is 14.3 Å². The van der Waals surface area contributed by atoms with Crippen LogP contribution in [0.3, 0.4) is 0 Å². The quantitative estimate of drug-likeness (QED) is 0.389. The van der Waals surface area contributed by atoms with Gasteiger partial charge < -0.3 is 9.84 Å². The zero-order valence-electron chi connectivity index (χ0n) is 6.79. The minimum absolute atomic E-state index is 0.193. The highest BCUT2D eigenvalue weighted by atomic mass is 16.5. The van der Waals surface area contributed by atoms with Crippen molar-refractivity contribution in [3.05, 3.63) is 24.5 Å². The largest absolute Gasteiger partial charge is 0.478 e. The molecule has 0 aliphatic rings. The second-order valence-electron chi connectivity index (χ2n) is 2.26. The number of hydrogen-bond acceptors (Lipinski definition) is 3. The van der Waals surface area contributed by atoms with Gasteiger partial charge in [0, 0.05) is 5.57 Å². The molecule has 0 rings (SSSR count). The fourth-order valence-corrected chi connectivity index (χ4v) is 0.480. The highest BCUT2D eigenvalue weighted by Crippen LogP contribution is 2.02. The Bertz CT molecular complexity index is 239. The molecule has 0 saturated carbocycles. The first-order valence-electron chi connectivity index (χ1n) is 3.20. The van der Waals surface area contributed by atoms with E-state index in [1.54, 1.807) is 0 Å². The van der Waals surface area contributed by atoms with Gasteiger partial charge in [0.2, 0.25) is 0 Å². The van der Waals surface area contributed by atoms with Crippen LogP contribution in [0.4, 0.5) is 0 Å². The Balaban J connectivity index is 3.94. The molecule has 0 heterocycles. The average molecular weight is 170 g/mol. The van der Waals surface area contributed by atoms with E-state index in [2.05, 4.69) is 17.9 Å². The van der Waals surface area contributed by atoms with Crippen molar-refractivity contribution in [2.45, 2.75) is 13.3 Å². The van der Waals surface area contributed by atoms with Crippen molar-refractivity contribution in [1.29, 1.82) is 0 Å². The highest BCUT2D eigenvalue weighted by Gasteiger charge is 2.11. The van der Waals surface area contributed by atoms with E-state index in [4.69, 9.17) is 5.11 Å². The van der Waals surface area contributed by atoms with Gasteiger partial charge >= 0.3 is 11.9 Å². The van der Waals surface area contributed by atoms with Crippen LogP contribution in [0, 0.1) is 0 Å². The number of carboxylic acids is 1. The molecule has 0 aromatic heterocycles. The molecule has 0 spiro atoms. The fraction of sp³-hybridized carbons (Fsp3) is 0.250. The van der Waals surface area contributed by atoms with E-state index in [0.29, 0.717) is 0 Å². The van der Waals surface area contributed by atoms with Crippen LogP contribution in [0.2, 0.25) is 0 Å². The summed E-state index contributed by atoms with van der Waals surface area (Å²) in [5.74, 6) is -1.62. The molecule has 0 fully saturated rings. The summed E-state index contributed by atoms with van der Waals surface area (Å²) in [6, 6.07) is 0. The lowest BCUT2D eigenvalue weighted by molar-refractivity contribution is -0.141. The molecule has 0 aliphatic carbocycles. The molecule has 1 N–H and O–H groups in total. The third-order valence-corrected chi connectivity index (χ3v) is 0.948. The molecule has 0 unspecified atom stereocenters. The number of esters is 1. The third-order valence-electron chi connectivity index (χ3n) is 0.948. The number of ether oxygens (including phenoxy) is 1. The molecular weight excluding hydrogens is 160 g/mol. The Morgan fingerprint density at radius 1 is 1.42 bits per heavy atom. The van der Waals surface area contributed by atoms with Crippen molar-refractivity contribution in [3.63, 3.8) is 0 Å². The van der Waals surface area contributed by atoms with Gasteiger partial charge in [-0.1, -0.05) is 13.2 Å². The molecule has 0 aliphatic heterocycles. The summed E-state index contributed by atoms with van der Waals surface area (Å²) in [6.07, 6.45) is -0.317. The molecule has 12 heavy (non-hydrogen) atoms. The highest BCUT2D eigenvalue weighted by molar-refractivity contribution is 5.91. The number of carbonyl (C=O) groups is 2. The molecule has 66 valence electrons. The standard InChI is InChI=1S/C8H10O4/c1-5(2)12-7(9)4-6(3)8(10)11/h1,3-4H2,2H3,(H,10,11). The van der Waals surface area contributed by atoms with Crippen LogP contribution in [0.1, 0.15) is 13.3 Å². The summed E-state index contributed by atoms with van der Waals surface area (Å²) in [5.41, 5.74) is -0.193. The second kappa shape index (κ2) is 4.33. The summed E-state index contributed by atoms with van der Waals surface area (Å²) >= 11 is 0. The molecule has 0 amide bonds. The predicted octanol–water partition coefficient (Wildman–Crippen LogP) is 1.09. The Kier molecular flexibility index (Phi) is 3.76. The molecular formula is C8H10O4. The van der Waals surface area contributed by atoms with Gasteiger partial charge in [-0.25, -0.2) is 4.79 Å². The van der Waals surface area contributed by atoms with E-state index in [9.17, 15) is 9.59 Å². The summed E-state index contributed by atoms with van der Waals surface area (Å²) in [5, 5.41) is 8.34. The normalized spacial score (nSPS) is 8.75. The smallest absolute Gasteiger partial charge is 0.331 e. The van der Waals surface area contributed by atoms with Crippen LogP contribution in [0.25, 0.3) is 0 Å². The van der Waals surface area contributed by atoms with Crippen molar-refractivity contribution in [2.75, 3.05) is 0 Å². The first-order chi connectivity index (χ1) is 5.43. The van der Waals surface area contributed by atoms with Crippen LogP contribution >= 0.6 is 0 Å². The lowest BCUT2D eigenvalue weighted by Gasteiger charge is -2.01. The zero-order valence-corrected chi connectivity index (χ0v) is 6.79. The summed E-state index contributed by atoms with van der Waals surface area (Å²) in [7, 11) is 0. The minimum Gasteiger partial charge on any atom is -0.478 e. The molecule has 0 saturated heterocycles. The fourth-order valence-electron chi connectivity index (χ4n) is 0.480. The number of rotatable bonds is 4. The lowest BCUT2D eigenvalue weighted by atomic mass is 10.2. The molecule has 0 aromatic carbocycles. The maximum absolute atomic E-state index is 10.8. The number of carbonyl (C=O) groups excluding carboxylic acids is 1. The summed E-state index contributed by atoms with van der Waals surface area (Å²) in [4.78, 5) is 21.0. The molecule has 0 bridgehead atoms. The van der Waals surface area contributed by atoms with Crippen molar-refractivity contribution in [3.8, 4) is 0 Å². The van der Waals surface area contributed by atoms with Gasteiger partial charge in [-0.15, -0.1) is 0 Å². The molecule has 4 nitrogen and oxygen atoms in total. The minimum atomic E-state index is -1.20. The SMILES string of the molecule is C=C(C)OC(=O)CC(=C)C(=O)O. The molecule has 0 radical (unpaired) electrons. The number of allylic oxidation sites excluding steroid dienone is 1. The maximum Gasteiger partial charge on any atom is 0.331 e. The Morgan fingerprint density at radius 3 is 2.25 bits per heavy atom. The van der Waals surface area contributed by atoms with Gasteiger partial charge in [-0.05, 0) is 6.92 Å². The Morgan fingerprint density at radius 2 is 1.92 bits per heavy atom. The molecule has 0 atom stereocenters. The average Bonchev–Trinajstić information content (AvgIpc) is 1.84.